The lowest BCUT2D eigenvalue weighted by molar-refractivity contribution is 0.900. The SMILES string of the molecule is CC(C)Nc1ccc(Cl)cc1Cl.Nc1ccc(Cl)cc1Cl. The highest BCUT2D eigenvalue weighted by atomic mass is 35.5. The minimum Gasteiger partial charge on any atom is -0.398 e. The van der Waals surface area contributed by atoms with Crippen LogP contribution in [0, 0.1) is 0 Å². The first kappa shape index (κ1) is 18.2. The van der Waals surface area contributed by atoms with Crippen LogP contribution in [0.1, 0.15) is 13.8 Å². The van der Waals surface area contributed by atoms with Crippen LogP contribution in [0.25, 0.3) is 0 Å². The van der Waals surface area contributed by atoms with Gasteiger partial charge >= 0.3 is 0 Å². The Labute approximate surface area is 145 Å². The first-order valence-electron chi connectivity index (χ1n) is 6.21. The average Bonchev–Trinajstić information content (AvgIpc) is 2.38. The van der Waals surface area contributed by atoms with Crippen molar-refractivity contribution >= 4 is 57.8 Å². The third-order valence-electron chi connectivity index (χ3n) is 2.34. The van der Waals surface area contributed by atoms with E-state index in [1.165, 1.54) is 0 Å². The molecule has 6 heteroatoms. The van der Waals surface area contributed by atoms with E-state index in [1.54, 1.807) is 24.3 Å². The lowest BCUT2D eigenvalue weighted by atomic mass is 10.3. The molecule has 0 bridgehead atoms. The number of hydrogen-bond donors (Lipinski definition) is 2. The zero-order valence-electron chi connectivity index (χ0n) is 11.6. The molecule has 0 saturated heterocycles. The van der Waals surface area contributed by atoms with E-state index in [0.29, 0.717) is 31.8 Å². The number of nitrogens with two attached hydrogens (primary N) is 1. The summed E-state index contributed by atoms with van der Waals surface area (Å²) >= 11 is 22.8. The van der Waals surface area contributed by atoms with E-state index in [2.05, 4.69) is 19.2 Å². The molecule has 2 aromatic carbocycles. The summed E-state index contributed by atoms with van der Waals surface area (Å²) in [6.07, 6.45) is 0. The first-order valence-corrected chi connectivity index (χ1v) is 7.73. The molecule has 0 unspecified atom stereocenters. The Morgan fingerprint density at radius 1 is 0.857 bits per heavy atom. The maximum atomic E-state index is 5.93. The van der Waals surface area contributed by atoms with Gasteiger partial charge in [0, 0.05) is 16.1 Å². The fourth-order valence-electron chi connectivity index (χ4n) is 1.42. The third kappa shape index (κ3) is 6.66. The molecular formula is C15H16Cl4N2. The Bertz CT molecular complexity index is 600. The molecular weight excluding hydrogens is 350 g/mol. The second-order valence-electron chi connectivity index (χ2n) is 4.59. The van der Waals surface area contributed by atoms with Gasteiger partial charge in [-0.15, -0.1) is 0 Å². The molecule has 0 spiro atoms. The summed E-state index contributed by atoms with van der Waals surface area (Å²) < 4.78 is 0. The number of rotatable bonds is 2. The van der Waals surface area contributed by atoms with Crippen molar-refractivity contribution in [3.05, 3.63) is 56.5 Å². The molecule has 0 saturated carbocycles. The van der Waals surface area contributed by atoms with Crippen molar-refractivity contribution < 1.29 is 0 Å². The average molecular weight is 366 g/mol. The van der Waals surface area contributed by atoms with Gasteiger partial charge in [0.05, 0.1) is 21.4 Å². The van der Waals surface area contributed by atoms with Crippen LogP contribution in [0.5, 0.6) is 0 Å². The quantitative estimate of drug-likeness (QED) is 0.605. The highest BCUT2D eigenvalue weighted by Gasteiger charge is 2.01. The van der Waals surface area contributed by atoms with Crippen molar-refractivity contribution in [2.24, 2.45) is 0 Å². The normalized spacial score (nSPS) is 10.0. The van der Waals surface area contributed by atoms with Crippen LogP contribution < -0.4 is 11.1 Å². The number of halogens is 4. The molecule has 0 amide bonds. The van der Waals surface area contributed by atoms with Gasteiger partial charge in [-0.25, -0.2) is 0 Å². The highest BCUT2D eigenvalue weighted by Crippen LogP contribution is 2.25. The van der Waals surface area contributed by atoms with Gasteiger partial charge in [-0.1, -0.05) is 46.4 Å². The minimum atomic E-state index is 0.378. The summed E-state index contributed by atoms with van der Waals surface area (Å²) in [5.74, 6) is 0. The molecule has 2 aromatic rings. The van der Waals surface area contributed by atoms with Crippen molar-refractivity contribution in [2.45, 2.75) is 19.9 Å². The molecule has 2 nitrogen and oxygen atoms in total. The molecule has 21 heavy (non-hydrogen) atoms. The van der Waals surface area contributed by atoms with Crippen LogP contribution in [-0.2, 0) is 0 Å². The lowest BCUT2D eigenvalue weighted by Crippen LogP contribution is -2.09. The monoisotopic (exact) mass is 364 g/mol. The molecule has 0 aromatic heterocycles. The third-order valence-corrected chi connectivity index (χ3v) is 3.45. The maximum Gasteiger partial charge on any atom is 0.0652 e. The predicted molar refractivity (Wildman–Crippen MR) is 96.1 cm³/mol. The standard InChI is InChI=1S/C9H11Cl2N.C6H5Cl2N/c1-6(2)12-9-4-3-7(10)5-8(9)11;7-4-1-2-6(9)5(8)3-4/h3-6,12H,1-2H3;1-3H,9H2. The Morgan fingerprint density at radius 3 is 1.81 bits per heavy atom. The van der Waals surface area contributed by atoms with Gasteiger partial charge < -0.3 is 11.1 Å². The zero-order chi connectivity index (χ0) is 16.0. The molecule has 2 rings (SSSR count). The van der Waals surface area contributed by atoms with Gasteiger partial charge in [-0.05, 0) is 50.2 Å². The van der Waals surface area contributed by atoms with E-state index in [4.69, 9.17) is 52.1 Å². The largest absolute Gasteiger partial charge is 0.398 e. The number of benzene rings is 2. The summed E-state index contributed by atoms with van der Waals surface area (Å²) in [4.78, 5) is 0. The number of hydrogen-bond acceptors (Lipinski definition) is 2. The summed E-state index contributed by atoms with van der Waals surface area (Å²) in [7, 11) is 0. The van der Waals surface area contributed by atoms with Crippen molar-refractivity contribution in [1.29, 1.82) is 0 Å². The minimum absolute atomic E-state index is 0.378. The van der Waals surface area contributed by atoms with Gasteiger partial charge in [-0.2, -0.15) is 0 Å². The zero-order valence-corrected chi connectivity index (χ0v) is 14.7. The molecule has 3 N–H and O–H groups in total. The van der Waals surface area contributed by atoms with E-state index in [1.807, 2.05) is 12.1 Å². The van der Waals surface area contributed by atoms with E-state index < -0.39 is 0 Å². The fraction of sp³-hybridized carbons (Fsp3) is 0.200. The van der Waals surface area contributed by atoms with Crippen LogP contribution in [0.15, 0.2) is 36.4 Å². The van der Waals surface area contributed by atoms with E-state index in [0.717, 1.165) is 5.69 Å². The summed E-state index contributed by atoms with van der Waals surface area (Å²) in [5.41, 5.74) is 6.88. The van der Waals surface area contributed by atoms with Crippen molar-refractivity contribution in [3.8, 4) is 0 Å². The van der Waals surface area contributed by atoms with Crippen LogP contribution >= 0.6 is 46.4 Å². The predicted octanol–water partition coefficient (Wildman–Crippen LogP) is 6.39. The Hall–Kier alpha value is -0.800. The van der Waals surface area contributed by atoms with Gasteiger partial charge in [0.25, 0.3) is 0 Å². The Balaban J connectivity index is 0.000000219. The highest BCUT2D eigenvalue weighted by molar-refractivity contribution is 6.36. The number of anilines is 2. The van der Waals surface area contributed by atoms with Crippen molar-refractivity contribution in [2.75, 3.05) is 11.1 Å². The van der Waals surface area contributed by atoms with Gasteiger partial charge in [0.2, 0.25) is 0 Å². The van der Waals surface area contributed by atoms with Crippen LogP contribution in [-0.4, -0.2) is 6.04 Å². The molecule has 0 radical (unpaired) electrons. The Morgan fingerprint density at radius 2 is 1.38 bits per heavy atom. The van der Waals surface area contributed by atoms with Gasteiger partial charge in [-0.3, -0.25) is 0 Å². The topological polar surface area (TPSA) is 38.0 Å². The Kier molecular flexibility index (Phi) is 7.47. The second-order valence-corrected chi connectivity index (χ2v) is 6.28. The van der Waals surface area contributed by atoms with E-state index in [9.17, 15) is 0 Å². The fourth-order valence-corrected chi connectivity index (χ4v) is 2.29. The molecule has 114 valence electrons. The summed E-state index contributed by atoms with van der Waals surface area (Å²) in [6.45, 7) is 4.12. The summed E-state index contributed by atoms with van der Waals surface area (Å²) in [6, 6.07) is 10.8. The molecule has 0 aliphatic rings. The molecule has 0 heterocycles. The van der Waals surface area contributed by atoms with Crippen LogP contribution in [0.2, 0.25) is 20.1 Å². The van der Waals surface area contributed by atoms with Gasteiger partial charge in [0.1, 0.15) is 0 Å². The van der Waals surface area contributed by atoms with Crippen LogP contribution in [0.4, 0.5) is 11.4 Å². The van der Waals surface area contributed by atoms with E-state index >= 15 is 0 Å². The lowest BCUT2D eigenvalue weighted by Gasteiger charge is -2.11. The van der Waals surface area contributed by atoms with Crippen molar-refractivity contribution in [3.63, 3.8) is 0 Å². The maximum absolute atomic E-state index is 5.93. The smallest absolute Gasteiger partial charge is 0.0652 e. The molecule has 0 aliphatic carbocycles. The molecule has 0 atom stereocenters. The molecule has 0 aliphatic heterocycles. The number of nitrogens with one attached hydrogen (secondary N) is 1. The first-order chi connectivity index (χ1) is 9.79. The van der Waals surface area contributed by atoms with Crippen molar-refractivity contribution in [1.82, 2.24) is 0 Å². The van der Waals surface area contributed by atoms with E-state index in [-0.39, 0.29) is 0 Å². The number of nitrogen functional groups attached to an aromatic ring is 1. The van der Waals surface area contributed by atoms with Crippen LogP contribution in [0.3, 0.4) is 0 Å². The molecule has 0 fully saturated rings. The second kappa shape index (κ2) is 8.60. The van der Waals surface area contributed by atoms with Gasteiger partial charge in [0.15, 0.2) is 0 Å². The summed E-state index contributed by atoms with van der Waals surface area (Å²) in [5, 5.41) is 5.64.